The number of aliphatic hydroxyl groups is 1. The molecule has 0 aliphatic carbocycles. The van der Waals surface area contributed by atoms with Crippen molar-refractivity contribution >= 4 is 0 Å². The highest BCUT2D eigenvalue weighted by Gasteiger charge is 2.29. The number of nitriles is 1. The first-order valence-corrected chi connectivity index (χ1v) is 6.27. The van der Waals surface area contributed by atoms with E-state index in [0.29, 0.717) is 5.56 Å². The van der Waals surface area contributed by atoms with Crippen LogP contribution in [0.3, 0.4) is 0 Å². The smallest absolute Gasteiger partial charge is 0.244 e. The van der Waals surface area contributed by atoms with E-state index in [9.17, 15) is 10.4 Å². The standard InChI is InChI=1S/C15H16N4O/c1-12(13-5-3-2-4-6-13)18-19-15(20,11-16)14-7-9-17-10-8-14/h2-10,12,18-20H,1H3. The van der Waals surface area contributed by atoms with Crippen molar-refractivity contribution in [2.45, 2.75) is 18.7 Å². The van der Waals surface area contributed by atoms with Gasteiger partial charge in [-0.1, -0.05) is 30.3 Å². The van der Waals surface area contributed by atoms with E-state index in [1.807, 2.05) is 43.3 Å². The lowest BCUT2D eigenvalue weighted by atomic mass is 10.1. The van der Waals surface area contributed by atoms with Crippen molar-refractivity contribution in [1.29, 1.82) is 5.26 Å². The molecular formula is C15H16N4O. The molecule has 1 heterocycles. The zero-order valence-corrected chi connectivity index (χ0v) is 11.1. The van der Waals surface area contributed by atoms with Crippen molar-refractivity contribution < 1.29 is 5.11 Å². The molecule has 2 rings (SSSR count). The third kappa shape index (κ3) is 3.19. The molecule has 3 N–H and O–H groups in total. The third-order valence-electron chi connectivity index (χ3n) is 3.03. The molecule has 0 spiro atoms. The lowest BCUT2D eigenvalue weighted by molar-refractivity contribution is 0.0381. The number of rotatable bonds is 5. The Kier molecular flexibility index (Phi) is 4.43. The van der Waals surface area contributed by atoms with Gasteiger partial charge in [0.05, 0.1) is 0 Å². The van der Waals surface area contributed by atoms with Gasteiger partial charge in [0, 0.05) is 24.0 Å². The Balaban J connectivity index is 2.07. The summed E-state index contributed by atoms with van der Waals surface area (Å²) in [6.45, 7) is 1.94. The number of nitrogens with zero attached hydrogens (tertiary/aromatic N) is 2. The number of benzene rings is 1. The molecule has 0 fully saturated rings. The normalized spacial score (nSPS) is 15.1. The molecule has 0 radical (unpaired) electrons. The van der Waals surface area contributed by atoms with E-state index in [1.54, 1.807) is 12.1 Å². The van der Waals surface area contributed by atoms with Crippen LogP contribution in [0.25, 0.3) is 0 Å². The summed E-state index contributed by atoms with van der Waals surface area (Å²) >= 11 is 0. The summed E-state index contributed by atoms with van der Waals surface area (Å²) in [6, 6.07) is 14.7. The SMILES string of the molecule is CC(NNC(O)(C#N)c1ccncc1)c1ccccc1. The quantitative estimate of drug-likeness (QED) is 0.436. The average molecular weight is 268 g/mol. The van der Waals surface area contributed by atoms with Crippen molar-refractivity contribution in [3.63, 3.8) is 0 Å². The van der Waals surface area contributed by atoms with E-state index < -0.39 is 5.72 Å². The summed E-state index contributed by atoms with van der Waals surface area (Å²) in [5.74, 6) is 0. The molecule has 0 saturated carbocycles. The second-order valence-electron chi connectivity index (χ2n) is 4.46. The molecule has 5 heteroatoms. The summed E-state index contributed by atoms with van der Waals surface area (Å²) in [5, 5.41) is 19.5. The molecule has 0 bridgehead atoms. The summed E-state index contributed by atoms with van der Waals surface area (Å²) in [7, 11) is 0. The monoisotopic (exact) mass is 268 g/mol. The second kappa shape index (κ2) is 6.26. The van der Waals surface area contributed by atoms with Crippen molar-refractivity contribution in [2.24, 2.45) is 0 Å². The van der Waals surface area contributed by atoms with E-state index in [2.05, 4.69) is 15.8 Å². The molecule has 102 valence electrons. The fourth-order valence-electron chi connectivity index (χ4n) is 1.80. The Bertz CT molecular complexity index is 582. The summed E-state index contributed by atoms with van der Waals surface area (Å²) in [5.41, 5.74) is 5.31. The highest BCUT2D eigenvalue weighted by Crippen LogP contribution is 2.17. The molecule has 0 aliphatic heterocycles. The van der Waals surface area contributed by atoms with Crippen molar-refractivity contribution in [1.82, 2.24) is 15.8 Å². The fraction of sp³-hybridized carbons (Fsp3) is 0.200. The Morgan fingerprint density at radius 1 is 1.20 bits per heavy atom. The number of hydrogen-bond donors (Lipinski definition) is 3. The molecule has 1 aromatic carbocycles. The van der Waals surface area contributed by atoms with Gasteiger partial charge < -0.3 is 5.11 Å². The molecule has 2 atom stereocenters. The summed E-state index contributed by atoms with van der Waals surface area (Å²) in [6.07, 6.45) is 3.06. The Hall–Kier alpha value is -2.26. The van der Waals surface area contributed by atoms with Crippen LogP contribution in [0, 0.1) is 11.3 Å². The van der Waals surface area contributed by atoms with E-state index >= 15 is 0 Å². The predicted molar refractivity (Wildman–Crippen MR) is 74.9 cm³/mol. The number of aromatic nitrogens is 1. The number of hydrogen-bond acceptors (Lipinski definition) is 5. The molecule has 0 aliphatic rings. The first kappa shape index (κ1) is 14.2. The van der Waals surface area contributed by atoms with Gasteiger partial charge in [0.15, 0.2) is 0 Å². The van der Waals surface area contributed by atoms with Crippen LogP contribution < -0.4 is 10.9 Å². The van der Waals surface area contributed by atoms with Crippen LogP contribution in [0.1, 0.15) is 24.1 Å². The first-order chi connectivity index (χ1) is 9.65. The largest absolute Gasteiger partial charge is 0.359 e. The van der Waals surface area contributed by atoms with Gasteiger partial charge in [-0.3, -0.25) is 4.98 Å². The van der Waals surface area contributed by atoms with Crippen LogP contribution in [-0.4, -0.2) is 10.1 Å². The van der Waals surface area contributed by atoms with Gasteiger partial charge in [0.25, 0.3) is 0 Å². The zero-order chi connectivity index (χ0) is 14.4. The topological polar surface area (TPSA) is 81.0 Å². The number of nitrogens with one attached hydrogen (secondary N) is 2. The van der Waals surface area contributed by atoms with E-state index in [0.717, 1.165) is 5.56 Å². The molecule has 5 nitrogen and oxygen atoms in total. The highest BCUT2D eigenvalue weighted by molar-refractivity contribution is 5.25. The lowest BCUT2D eigenvalue weighted by Gasteiger charge is -2.25. The van der Waals surface area contributed by atoms with Gasteiger partial charge in [-0.05, 0) is 24.6 Å². The Morgan fingerprint density at radius 3 is 2.45 bits per heavy atom. The lowest BCUT2D eigenvalue weighted by Crippen LogP contribution is -2.49. The van der Waals surface area contributed by atoms with Gasteiger partial charge in [-0.25, -0.2) is 10.9 Å². The van der Waals surface area contributed by atoms with Gasteiger partial charge in [-0.15, -0.1) is 0 Å². The van der Waals surface area contributed by atoms with Gasteiger partial charge in [0.2, 0.25) is 5.72 Å². The maximum absolute atomic E-state index is 10.3. The van der Waals surface area contributed by atoms with Crippen LogP contribution in [0.15, 0.2) is 54.9 Å². The van der Waals surface area contributed by atoms with E-state index in [4.69, 9.17) is 0 Å². The fourth-order valence-corrected chi connectivity index (χ4v) is 1.80. The molecule has 0 saturated heterocycles. The van der Waals surface area contributed by atoms with Crippen LogP contribution in [0.5, 0.6) is 0 Å². The number of hydrazine groups is 1. The number of pyridine rings is 1. The van der Waals surface area contributed by atoms with E-state index in [-0.39, 0.29) is 6.04 Å². The minimum atomic E-state index is -1.80. The molecule has 2 unspecified atom stereocenters. The first-order valence-electron chi connectivity index (χ1n) is 6.27. The molecule has 20 heavy (non-hydrogen) atoms. The minimum absolute atomic E-state index is 0.0575. The highest BCUT2D eigenvalue weighted by atomic mass is 16.3. The maximum Gasteiger partial charge on any atom is 0.244 e. The second-order valence-corrected chi connectivity index (χ2v) is 4.46. The van der Waals surface area contributed by atoms with Crippen LogP contribution in [0.4, 0.5) is 0 Å². The van der Waals surface area contributed by atoms with Crippen LogP contribution >= 0.6 is 0 Å². The maximum atomic E-state index is 10.3. The van der Waals surface area contributed by atoms with Gasteiger partial charge >= 0.3 is 0 Å². The minimum Gasteiger partial charge on any atom is -0.359 e. The van der Waals surface area contributed by atoms with Crippen molar-refractivity contribution in [3.8, 4) is 6.07 Å². The molecule has 1 aromatic heterocycles. The molecule has 0 amide bonds. The van der Waals surface area contributed by atoms with Crippen molar-refractivity contribution in [3.05, 3.63) is 66.0 Å². The van der Waals surface area contributed by atoms with Crippen LogP contribution in [-0.2, 0) is 5.72 Å². The molecular weight excluding hydrogens is 252 g/mol. The van der Waals surface area contributed by atoms with E-state index in [1.165, 1.54) is 12.4 Å². The Morgan fingerprint density at radius 2 is 1.85 bits per heavy atom. The average Bonchev–Trinajstić information content (AvgIpc) is 2.54. The summed E-state index contributed by atoms with van der Waals surface area (Å²) < 4.78 is 0. The third-order valence-corrected chi connectivity index (χ3v) is 3.03. The zero-order valence-electron chi connectivity index (χ0n) is 11.1. The van der Waals surface area contributed by atoms with Gasteiger partial charge in [0.1, 0.15) is 6.07 Å². The van der Waals surface area contributed by atoms with Gasteiger partial charge in [-0.2, -0.15) is 5.26 Å². The van der Waals surface area contributed by atoms with Crippen molar-refractivity contribution in [2.75, 3.05) is 0 Å². The predicted octanol–water partition coefficient (Wildman–Crippen LogP) is 1.61. The summed E-state index contributed by atoms with van der Waals surface area (Å²) in [4.78, 5) is 3.87. The molecule has 2 aromatic rings. The Labute approximate surface area is 117 Å². The van der Waals surface area contributed by atoms with Crippen LogP contribution in [0.2, 0.25) is 0 Å².